The highest BCUT2D eigenvalue weighted by Crippen LogP contribution is 2.54. The molecule has 4 nitrogen and oxygen atoms in total. The molecule has 2 aromatic heterocycles. The highest BCUT2D eigenvalue weighted by atomic mass is 19.1. The summed E-state index contributed by atoms with van der Waals surface area (Å²) in [6.45, 7) is 0. The molecule has 0 unspecified atom stereocenters. The minimum atomic E-state index is -1.14. The standard InChI is InChI=1S/C34H20F2N4/c35-32-37-31(38-33(36)39-32)21-18-19-28-25(20-21)24-14-9-16-27-30(24)40(28)29-17-8-7-15-26(29)34(27,22-10-3-1-4-11-22)23-12-5-2-6-13-23/h1-20H. The molecule has 0 saturated heterocycles. The van der Waals surface area contributed by atoms with Crippen LogP contribution in [-0.2, 0) is 5.41 Å². The maximum absolute atomic E-state index is 13.9. The molecule has 1 aliphatic rings. The Bertz CT molecular complexity index is 2030. The van der Waals surface area contributed by atoms with Crippen molar-refractivity contribution in [3.63, 3.8) is 0 Å². The van der Waals surface area contributed by atoms with E-state index in [0.717, 1.165) is 33.1 Å². The number of hydrogen-bond donors (Lipinski definition) is 0. The second kappa shape index (κ2) is 8.38. The summed E-state index contributed by atoms with van der Waals surface area (Å²) in [6.07, 6.45) is -2.29. The summed E-state index contributed by atoms with van der Waals surface area (Å²) in [5.74, 6) is -0.0397. The summed E-state index contributed by atoms with van der Waals surface area (Å²) in [6, 6.07) is 41.9. The monoisotopic (exact) mass is 522 g/mol. The van der Waals surface area contributed by atoms with Gasteiger partial charge in [0.1, 0.15) is 0 Å². The molecular weight excluding hydrogens is 502 g/mol. The van der Waals surface area contributed by atoms with E-state index in [1.54, 1.807) is 6.07 Å². The molecule has 3 heterocycles. The van der Waals surface area contributed by atoms with Gasteiger partial charge < -0.3 is 4.57 Å². The first kappa shape index (κ1) is 22.7. The van der Waals surface area contributed by atoms with E-state index in [1.165, 1.54) is 16.7 Å². The fraction of sp³-hybridized carbons (Fsp3) is 0.0294. The fourth-order valence-electron chi connectivity index (χ4n) is 6.51. The Balaban J connectivity index is 1.54. The minimum Gasteiger partial charge on any atom is -0.309 e. The number of rotatable bonds is 3. The second-order valence-corrected chi connectivity index (χ2v) is 9.97. The first-order valence-electron chi connectivity index (χ1n) is 13.0. The van der Waals surface area contributed by atoms with Gasteiger partial charge in [-0.1, -0.05) is 97.1 Å². The van der Waals surface area contributed by atoms with Crippen molar-refractivity contribution < 1.29 is 8.78 Å². The molecule has 6 heteroatoms. The lowest BCUT2D eigenvalue weighted by atomic mass is 9.63. The zero-order valence-corrected chi connectivity index (χ0v) is 21.1. The molecule has 0 saturated carbocycles. The molecule has 1 aliphatic heterocycles. The van der Waals surface area contributed by atoms with Gasteiger partial charge in [-0.3, -0.25) is 0 Å². The Morgan fingerprint density at radius 3 is 1.88 bits per heavy atom. The van der Waals surface area contributed by atoms with Crippen LogP contribution >= 0.6 is 0 Å². The Kier molecular flexibility index (Phi) is 4.76. The predicted octanol–water partition coefficient (Wildman–Crippen LogP) is 7.61. The lowest BCUT2D eigenvalue weighted by Crippen LogP contribution is -2.35. The van der Waals surface area contributed by atoms with Crippen LogP contribution in [0, 0.1) is 12.2 Å². The smallest absolute Gasteiger partial charge is 0.309 e. The van der Waals surface area contributed by atoms with Crippen LogP contribution in [0.15, 0.2) is 121 Å². The van der Waals surface area contributed by atoms with Crippen LogP contribution < -0.4 is 0 Å². The van der Waals surface area contributed by atoms with Gasteiger partial charge in [-0.05, 0) is 46.5 Å². The molecule has 0 amide bonds. The predicted molar refractivity (Wildman–Crippen MR) is 151 cm³/mol. The number of aromatic nitrogens is 4. The van der Waals surface area contributed by atoms with Crippen molar-refractivity contribution >= 4 is 21.8 Å². The first-order valence-corrected chi connectivity index (χ1v) is 13.0. The SMILES string of the molecule is Fc1nc(F)nc(-c2ccc3c(c2)c2cccc4c2n3-c2ccccc2C4(c2ccccc2)c2ccccc2)n1. The second-order valence-electron chi connectivity index (χ2n) is 9.97. The van der Waals surface area contributed by atoms with E-state index in [9.17, 15) is 8.78 Å². The number of hydrogen-bond acceptors (Lipinski definition) is 3. The number of para-hydroxylation sites is 2. The van der Waals surface area contributed by atoms with Crippen molar-refractivity contribution in [3.8, 4) is 17.1 Å². The Morgan fingerprint density at radius 2 is 1.18 bits per heavy atom. The number of halogens is 2. The van der Waals surface area contributed by atoms with E-state index in [-0.39, 0.29) is 5.82 Å². The molecule has 0 radical (unpaired) electrons. The molecule has 5 aromatic carbocycles. The van der Waals surface area contributed by atoms with Gasteiger partial charge in [-0.15, -0.1) is 0 Å². The van der Waals surface area contributed by atoms with Crippen molar-refractivity contribution in [2.75, 3.05) is 0 Å². The van der Waals surface area contributed by atoms with Crippen LogP contribution in [-0.4, -0.2) is 19.5 Å². The zero-order chi connectivity index (χ0) is 26.8. The molecular formula is C34H20F2N4. The van der Waals surface area contributed by atoms with Crippen molar-refractivity contribution in [3.05, 3.63) is 156 Å². The quantitative estimate of drug-likeness (QED) is 0.240. The van der Waals surface area contributed by atoms with Gasteiger partial charge in [0, 0.05) is 16.3 Å². The maximum atomic E-state index is 13.9. The molecule has 0 atom stereocenters. The largest absolute Gasteiger partial charge is 0.314 e. The topological polar surface area (TPSA) is 43.6 Å². The zero-order valence-electron chi connectivity index (χ0n) is 21.1. The number of benzene rings is 5. The third-order valence-electron chi connectivity index (χ3n) is 7.99. The van der Waals surface area contributed by atoms with Crippen molar-refractivity contribution in [2.45, 2.75) is 5.41 Å². The molecule has 8 rings (SSSR count). The average molecular weight is 523 g/mol. The van der Waals surface area contributed by atoms with Crippen LogP contribution in [0.2, 0.25) is 0 Å². The molecule has 0 aliphatic carbocycles. The van der Waals surface area contributed by atoms with Crippen LogP contribution in [0.3, 0.4) is 0 Å². The van der Waals surface area contributed by atoms with Crippen molar-refractivity contribution in [2.24, 2.45) is 0 Å². The summed E-state index contributed by atoms with van der Waals surface area (Å²) >= 11 is 0. The highest BCUT2D eigenvalue weighted by Gasteiger charge is 2.44. The van der Waals surface area contributed by atoms with E-state index in [0.29, 0.717) is 5.56 Å². The van der Waals surface area contributed by atoms with Gasteiger partial charge in [0.15, 0.2) is 5.82 Å². The van der Waals surface area contributed by atoms with Crippen LogP contribution in [0.1, 0.15) is 22.3 Å². The summed E-state index contributed by atoms with van der Waals surface area (Å²) in [5, 5.41) is 1.98. The van der Waals surface area contributed by atoms with Gasteiger partial charge >= 0.3 is 12.2 Å². The normalized spacial score (nSPS) is 13.4. The third kappa shape index (κ3) is 3.01. The van der Waals surface area contributed by atoms with E-state index in [4.69, 9.17) is 0 Å². The average Bonchev–Trinajstić information content (AvgIpc) is 3.33. The Labute approximate surface area is 228 Å². The fourth-order valence-corrected chi connectivity index (χ4v) is 6.51. The van der Waals surface area contributed by atoms with E-state index in [1.807, 2.05) is 24.3 Å². The summed E-state index contributed by atoms with van der Waals surface area (Å²) < 4.78 is 30.0. The van der Waals surface area contributed by atoms with Gasteiger partial charge in [0.25, 0.3) is 0 Å². The van der Waals surface area contributed by atoms with Crippen molar-refractivity contribution in [1.82, 2.24) is 19.5 Å². The van der Waals surface area contributed by atoms with Crippen LogP contribution in [0.5, 0.6) is 0 Å². The summed E-state index contributed by atoms with van der Waals surface area (Å²) in [7, 11) is 0. The Hall–Kier alpha value is -5.23. The number of nitrogens with zero attached hydrogens (tertiary/aromatic N) is 4. The lowest BCUT2D eigenvalue weighted by molar-refractivity contribution is 0.457. The van der Waals surface area contributed by atoms with Gasteiger partial charge in [-0.25, -0.2) is 0 Å². The molecule has 40 heavy (non-hydrogen) atoms. The van der Waals surface area contributed by atoms with Gasteiger partial charge in [0.2, 0.25) is 0 Å². The summed E-state index contributed by atoms with van der Waals surface area (Å²) in [5.41, 5.74) is 7.81. The van der Waals surface area contributed by atoms with Gasteiger partial charge in [0.05, 0.1) is 22.1 Å². The number of fused-ring (bicyclic) bond motifs is 5. The first-order chi connectivity index (χ1) is 19.7. The van der Waals surface area contributed by atoms with E-state index < -0.39 is 17.6 Å². The molecule has 0 bridgehead atoms. The summed E-state index contributed by atoms with van der Waals surface area (Å²) in [4.78, 5) is 10.5. The van der Waals surface area contributed by atoms with Crippen LogP contribution in [0.25, 0.3) is 38.9 Å². The lowest BCUT2D eigenvalue weighted by Gasteiger charge is -2.41. The molecule has 0 N–H and O–H groups in total. The maximum Gasteiger partial charge on any atom is 0.314 e. The molecule has 7 aromatic rings. The molecule has 190 valence electrons. The highest BCUT2D eigenvalue weighted by molar-refractivity contribution is 6.13. The Morgan fingerprint density at radius 1 is 0.550 bits per heavy atom. The third-order valence-corrected chi connectivity index (χ3v) is 7.99. The molecule has 0 fully saturated rings. The van der Waals surface area contributed by atoms with E-state index >= 15 is 0 Å². The minimum absolute atomic E-state index is 0.0397. The van der Waals surface area contributed by atoms with Crippen molar-refractivity contribution in [1.29, 1.82) is 0 Å². The van der Waals surface area contributed by atoms with Crippen LogP contribution in [0.4, 0.5) is 8.78 Å². The van der Waals surface area contributed by atoms with E-state index in [2.05, 4.69) is 111 Å². The molecule has 0 spiro atoms. The van der Waals surface area contributed by atoms with Gasteiger partial charge in [-0.2, -0.15) is 23.7 Å².